The predicted octanol–water partition coefficient (Wildman–Crippen LogP) is 2.38. The van der Waals surface area contributed by atoms with Crippen LogP contribution in [0.2, 0.25) is 0 Å². The number of nitrogens with two attached hydrogens (primary N) is 1. The lowest BCUT2D eigenvalue weighted by Crippen LogP contribution is -2.58. The van der Waals surface area contributed by atoms with Gasteiger partial charge in [0.15, 0.2) is 0 Å². The van der Waals surface area contributed by atoms with Crippen LogP contribution in [0.3, 0.4) is 0 Å². The smallest absolute Gasteiger partial charge is 0.241 e. The Hall–Kier alpha value is -2.92. The maximum atomic E-state index is 12.7. The molecule has 3 aliphatic rings. The number of benzene rings is 2. The second-order valence-corrected chi connectivity index (χ2v) is 9.35. The number of carbonyl (C=O) groups excluding carboxylic acids is 1. The van der Waals surface area contributed by atoms with Crippen molar-refractivity contribution in [3.63, 3.8) is 0 Å². The van der Waals surface area contributed by atoms with Crippen LogP contribution < -0.4 is 21.1 Å². The summed E-state index contributed by atoms with van der Waals surface area (Å²) in [4.78, 5) is 12.7. The molecule has 2 fully saturated rings. The summed E-state index contributed by atoms with van der Waals surface area (Å²) >= 11 is 0. The van der Waals surface area contributed by atoms with Crippen LogP contribution in [0.15, 0.2) is 36.4 Å². The van der Waals surface area contributed by atoms with Crippen molar-refractivity contribution >= 4 is 5.91 Å². The van der Waals surface area contributed by atoms with Gasteiger partial charge in [-0.2, -0.15) is 5.26 Å². The zero-order chi connectivity index (χ0) is 22.8. The normalized spacial score (nSPS) is 21.8. The Morgan fingerprint density at radius 1 is 1.24 bits per heavy atom. The van der Waals surface area contributed by atoms with E-state index in [1.807, 2.05) is 12.1 Å². The fourth-order valence-corrected chi connectivity index (χ4v) is 4.98. The molecule has 5 rings (SSSR count). The summed E-state index contributed by atoms with van der Waals surface area (Å²) in [6.45, 7) is 3.55. The van der Waals surface area contributed by atoms with Gasteiger partial charge in [0.2, 0.25) is 5.91 Å². The van der Waals surface area contributed by atoms with E-state index in [9.17, 15) is 10.1 Å². The van der Waals surface area contributed by atoms with Gasteiger partial charge in [0, 0.05) is 31.7 Å². The van der Waals surface area contributed by atoms with Gasteiger partial charge in [0.1, 0.15) is 18.4 Å². The van der Waals surface area contributed by atoms with Crippen molar-refractivity contribution in [2.45, 2.75) is 49.8 Å². The monoisotopic (exact) mass is 446 g/mol. The number of nitrogens with one attached hydrogen (secondary N) is 2. The van der Waals surface area contributed by atoms with Crippen LogP contribution in [-0.2, 0) is 22.6 Å². The molecule has 3 heterocycles. The average Bonchev–Trinajstić information content (AvgIpc) is 3.38. The number of ether oxygens (including phenoxy) is 2. The van der Waals surface area contributed by atoms with Gasteiger partial charge < -0.3 is 25.8 Å². The number of carbonyl (C=O) groups is 1. The number of hydrogen-bond acceptors (Lipinski definition) is 6. The summed E-state index contributed by atoms with van der Waals surface area (Å²) in [5, 5.41) is 15.9. The molecule has 0 spiro atoms. The first-order chi connectivity index (χ1) is 16.1. The predicted molar refractivity (Wildman–Crippen MR) is 125 cm³/mol. The Kier molecular flexibility index (Phi) is 6.07. The van der Waals surface area contributed by atoms with Crippen LogP contribution in [0.5, 0.6) is 5.75 Å². The zero-order valence-corrected chi connectivity index (χ0v) is 18.7. The number of rotatable bonds is 5. The maximum Gasteiger partial charge on any atom is 0.241 e. The number of nitriles is 1. The van der Waals surface area contributed by atoms with E-state index in [2.05, 4.69) is 41.0 Å². The molecule has 0 aromatic heterocycles. The molecule has 2 aromatic carbocycles. The van der Waals surface area contributed by atoms with Gasteiger partial charge in [0.25, 0.3) is 0 Å². The molecule has 33 heavy (non-hydrogen) atoms. The quantitative estimate of drug-likeness (QED) is 0.651. The molecular weight excluding hydrogens is 416 g/mol. The molecule has 0 bridgehead atoms. The van der Waals surface area contributed by atoms with E-state index < -0.39 is 11.6 Å². The van der Waals surface area contributed by atoms with E-state index in [0.717, 1.165) is 30.0 Å². The molecule has 7 heteroatoms. The van der Waals surface area contributed by atoms with Crippen molar-refractivity contribution in [2.75, 3.05) is 26.3 Å². The van der Waals surface area contributed by atoms with E-state index in [1.165, 1.54) is 23.1 Å². The van der Waals surface area contributed by atoms with Crippen molar-refractivity contribution in [1.82, 2.24) is 10.6 Å². The second kappa shape index (κ2) is 9.14. The van der Waals surface area contributed by atoms with Crippen molar-refractivity contribution < 1.29 is 14.3 Å². The molecule has 7 nitrogen and oxygen atoms in total. The Morgan fingerprint density at radius 2 is 2.09 bits per heavy atom. The number of nitrogens with zero attached hydrogens (tertiary/aromatic N) is 1. The van der Waals surface area contributed by atoms with Crippen LogP contribution in [-0.4, -0.2) is 43.8 Å². The fraction of sp³-hybridized carbons (Fsp3) is 0.462. The molecule has 0 saturated carbocycles. The number of hydrogen-bond donors (Lipinski definition) is 3. The number of fused-ring (bicyclic) bond motifs is 3. The third-order valence-corrected chi connectivity index (χ3v) is 7.12. The van der Waals surface area contributed by atoms with Crippen molar-refractivity contribution in [2.24, 2.45) is 5.73 Å². The topological polar surface area (TPSA) is 109 Å². The Bertz CT molecular complexity index is 1080. The standard InChI is InChI=1S/C26H30N4O3/c27-14-21(30-25(31)26(28)6-9-32-10-7-26)11-17-1-4-22-23-13-18(19-5-8-29-15-19)2-3-20(23)16-33-24(22)12-17/h1-4,12-13,19,21,29H,5-11,15-16,28H2,(H,30,31)/t19?,21-/m0/s1. The van der Waals surface area contributed by atoms with Crippen LogP contribution in [0.25, 0.3) is 11.1 Å². The minimum atomic E-state index is -0.970. The van der Waals surface area contributed by atoms with Gasteiger partial charge in [0.05, 0.1) is 11.6 Å². The van der Waals surface area contributed by atoms with Gasteiger partial charge in [-0.3, -0.25) is 4.79 Å². The molecule has 1 unspecified atom stereocenters. The van der Waals surface area contributed by atoms with Gasteiger partial charge in [-0.25, -0.2) is 0 Å². The van der Waals surface area contributed by atoms with E-state index in [0.29, 0.717) is 45.0 Å². The largest absolute Gasteiger partial charge is 0.488 e. The first-order valence-electron chi connectivity index (χ1n) is 11.7. The third-order valence-electron chi connectivity index (χ3n) is 7.12. The SMILES string of the molecule is N#C[C@H](Cc1ccc2c(c1)OCc1ccc(C3CCNC3)cc1-2)NC(=O)C1(N)CCOCC1. The highest BCUT2D eigenvalue weighted by Gasteiger charge is 2.37. The summed E-state index contributed by atoms with van der Waals surface area (Å²) in [5.41, 5.74) is 11.1. The highest BCUT2D eigenvalue weighted by Crippen LogP contribution is 2.40. The summed E-state index contributed by atoms with van der Waals surface area (Å²) in [7, 11) is 0. The van der Waals surface area contributed by atoms with Crippen molar-refractivity contribution in [3.8, 4) is 22.9 Å². The molecule has 0 radical (unpaired) electrons. The van der Waals surface area contributed by atoms with Crippen LogP contribution >= 0.6 is 0 Å². The summed E-state index contributed by atoms with van der Waals surface area (Å²) < 4.78 is 11.4. The molecule has 2 saturated heterocycles. The molecule has 2 aromatic rings. The van der Waals surface area contributed by atoms with Gasteiger partial charge in [-0.1, -0.05) is 30.3 Å². The second-order valence-electron chi connectivity index (χ2n) is 9.35. The lowest BCUT2D eigenvalue weighted by atomic mass is 9.89. The lowest BCUT2D eigenvalue weighted by molar-refractivity contribution is -0.130. The van der Waals surface area contributed by atoms with E-state index in [-0.39, 0.29) is 5.91 Å². The van der Waals surface area contributed by atoms with E-state index >= 15 is 0 Å². The molecule has 1 amide bonds. The van der Waals surface area contributed by atoms with E-state index in [4.69, 9.17) is 15.2 Å². The molecule has 172 valence electrons. The average molecular weight is 447 g/mol. The molecular formula is C26H30N4O3. The van der Waals surface area contributed by atoms with Crippen molar-refractivity contribution in [3.05, 3.63) is 53.1 Å². The van der Waals surface area contributed by atoms with E-state index in [1.54, 1.807) is 0 Å². The fourth-order valence-electron chi connectivity index (χ4n) is 4.98. The van der Waals surface area contributed by atoms with Crippen LogP contribution in [0.1, 0.15) is 41.9 Å². The minimum Gasteiger partial charge on any atom is -0.488 e. The molecule has 4 N–H and O–H groups in total. The molecule has 3 aliphatic heterocycles. The Morgan fingerprint density at radius 3 is 2.85 bits per heavy atom. The highest BCUT2D eigenvalue weighted by atomic mass is 16.5. The first kappa shape index (κ1) is 21.9. The van der Waals surface area contributed by atoms with Gasteiger partial charge >= 0.3 is 0 Å². The molecule has 2 atom stereocenters. The summed E-state index contributed by atoms with van der Waals surface area (Å²) in [6, 6.07) is 14.3. The van der Waals surface area contributed by atoms with Crippen molar-refractivity contribution in [1.29, 1.82) is 5.26 Å². The van der Waals surface area contributed by atoms with Crippen LogP contribution in [0.4, 0.5) is 0 Å². The number of amides is 1. The highest BCUT2D eigenvalue weighted by molar-refractivity contribution is 5.86. The minimum absolute atomic E-state index is 0.283. The van der Waals surface area contributed by atoms with Gasteiger partial charge in [-0.15, -0.1) is 0 Å². The van der Waals surface area contributed by atoms with Gasteiger partial charge in [-0.05, 0) is 60.0 Å². The zero-order valence-electron chi connectivity index (χ0n) is 18.7. The van der Waals surface area contributed by atoms with Crippen LogP contribution in [0, 0.1) is 11.3 Å². The third kappa shape index (κ3) is 4.47. The Labute approximate surface area is 194 Å². The first-order valence-corrected chi connectivity index (χ1v) is 11.7. The summed E-state index contributed by atoms with van der Waals surface area (Å²) in [5.74, 6) is 1.10. The lowest BCUT2D eigenvalue weighted by Gasteiger charge is -2.32. The summed E-state index contributed by atoms with van der Waals surface area (Å²) in [6.07, 6.45) is 2.48. The Balaban J connectivity index is 1.32. The molecule has 0 aliphatic carbocycles. The maximum absolute atomic E-state index is 12.7.